The first-order valence-corrected chi connectivity index (χ1v) is 13.0. The molecule has 8 nitrogen and oxygen atoms in total. The minimum absolute atomic E-state index is 0.105. The number of piperidine rings is 2. The number of nitrogens with one attached hydrogen (secondary N) is 2. The van der Waals surface area contributed by atoms with Gasteiger partial charge in [0.25, 0.3) is 0 Å². The summed E-state index contributed by atoms with van der Waals surface area (Å²) in [5.74, 6) is 0.0679. The fourth-order valence-electron chi connectivity index (χ4n) is 5.50. The normalized spacial score (nSPS) is 23.2. The molecule has 6 N–H and O–H groups in total. The number of ketones is 1. The molecule has 5 rings (SSSR count). The van der Waals surface area contributed by atoms with Crippen molar-refractivity contribution in [2.24, 2.45) is 0 Å². The molecule has 9 heteroatoms. The Labute approximate surface area is 209 Å². The molecule has 2 unspecified atom stereocenters. The number of aliphatic hydroxyl groups excluding tert-OH is 1. The van der Waals surface area contributed by atoms with Crippen LogP contribution in [0.5, 0.6) is 5.75 Å². The first kappa shape index (κ1) is 23.7. The first-order valence-electron chi connectivity index (χ1n) is 12.2. The number of rotatable bonds is 6. The highest BCUT2D eigenvalue weighted by atomic mass is 32.1. The van der Waals surface area contributed by atoms with Crippen LogP contribution in [0.25, 0.3) is 0 Å². The molecule has 3 heterocycles. The lowest BCUT2D eigenvalue weighted by Gasteiger charge is -2.49. The summed E-state index contributed by atoms with van der Waals surface area (Å²) in [5, 5.41) is 27.3. The predicted molar refractivity (Wildman–Crippen MR) is 140 cm³/mol. The quantitative estimate of drug-likeness (QED) is 0.262. The average Bonchev–Trinajstić information content (AvgIpc) is 3.24. The molecule has 0 aliphatic carbocycles. The summed E-state index contributed by atoms with van der Waals surface area (Å²) in [7, 11) is 0. The molecule has 2 aliphatic heterocycles. The van der Waals surface area contributed by atoms with Crippen LogP contribution in [0.1, 0.15) is 40.9 Å². The number of likely N-dealkylation sites (tertiary alicyclic amines) is 1. The number of thiazole rings is 1. The van der Waals surface area contributed by atoms with Crippen molar-refractivity contribution in [1.29, 1.82) is 0 Å². The van der Waals surface area contributed by atoms with Gasteiger partial charge in [0.15, 0.2) is 5.13 Å². The number of carbonyl (C=O) groups excluding carboxylic acids is 1. The Bertz CT molecular complexity index is 1170. The smallest absolute Gasteiger partial charge is 0.206 e. The summed E-state index contributed by atoms with van der Waals surface area (Å²) in [6.45, 7) is 3.87. The molecular formula is C26H32N5O3S+. The SMILES string of the molecule is Nc1nc(Nc2ccc([N+]3(C4CCNCC4)CCCC(O)C3)cc2)sc1C(=O)c1ccc(O)cc1. The average molecular weight is 495 g/mol. The van der Waals surface area contributed by atoms with E-state index < -0.39 is 0 Å². The van der Waals surface area contributed by atoms with Crippen LogP contribution in [0, 0.1) is 0 Å². The molecule has 2 aliphatic rings. The Kier molecular flexibility index (Phi) is 6.75. The fourth-order valence-corrected chi connectivity index (χ4v) is 6.37. The molecule has 1 aromatic heterocycles. The van der Waals surface area contributed by atoms with Gasteiger partial charge in [-0.1, -0.05) is 11.3 Å². The Morgan fingerprint density at radius 1 is 1.09 bits per heavy atom. The van der Waals surface area contributed by atoms with Crippen LogP contribution in [0.4, 0.5) is 22.3 Å². The number of nitrogens with zero attached hydrogens (tertiary/aromatic N) is 2. The Hall–Kier alpha value is -2.98. The van der Waals surface area contributed by atoms with Crippen molar-refractivity contribution in [3.05, 3.63) is 59.0 Å². The highest BCUT2D eigenvalue weighted by Gasteiger charge is 2.43. The van der Waals surface area contributed by atoms with Gasteiger partial charge in [-0.3, -0.25) is 9.28 Å². The zero-order chi connectivity index (χ0) is 24.4. The van der Waals surface area contributed by atoms with Gasteiger partial charge in [-0.25, -0.2) is 4.98 Å². The largest absolute Gasteiger partial charge is 0.508 e. The van der Waals surface area contributed by atoms with Gasteiger partial charge in [0.1, 0.15) is 34.8 Å². The monoisotopic (exact) mass is 494 g/mol. The van der Waals surface area contributed by atoms with Gasteiger partial charge >= 0.3 is 0 Å². The number of hydrogen-bond donors (Lipinski definition) is 5. The summed E-state index contributed by atoms with van der Waals surface area (Å²) in [5.41, 5.74) is 8.61. The van der Waals surface area contributed by atoms with Crippen LogP contribution in [-0.2, 0) is 0 Å². The van der Waals surface area contributed by atoms with Crippen molar-refractivity contribution in [1.82, 2.24) is 14.8 Å². The number of quaternary nitrogens is 1. The molecule has 35 heavy (non-hydrogen) atoms. The van der Waals surface area contributed by atoms with Gasteiger partial charge in [0.2, 0.25) is 5.78 Å². The third-order valence-electron chi connectivity index (χ3n) is 7.26. The van der Waals surface area contributed by atoms with Gasteiger partial charge < -0.3 is 26.6 Å². The van der Waals surface area contributed by atoms with Crippen molar-refractivity contribution < 1.29 is 15.0 Å². The number of aromatic nitrogens is 1. The molecule has 2 fully saturated rings. The van der Waals surface area contributed by atoms with E-state index in [4.69, 9.17) is 5.73 Å². The van der Waals surface area contributed by atoms with Crippen LogP contribution in [0.2, 0.25) is 0 Å². The van der Waals surface area contributed by atoms with E-state index in [1.54, 1.807) is 12.1 Å². The van der Waals surface area contributed by atoms with Crippen LogP contribution in [0.3, 0.4) is 0 Å². The Balaban J connectivity index is 1.35. The third-order valence-corrected chi connectivity index (χ3v) is 8.25. The van der Waals surface area contributed by atoms with E-state index in [0.717, 1.165) is 62.0 Å². The maximum atomic E-state index is 12.8. The zero-order valence-electron chi connectivity index (χ0n) is 19.6. The lowest BCUT2D eigenvalue weighted by molar-refractivity contribution is 0.0418. The van der Waals surface area contributed by atoms with E-state index in [1.807, 2.05) is 12.1 Å². The third kappa shape index (κ3) is 4.90. The summed E-state index contributed by atoms with van der Waals surface area (Å²) in [6, 6.07) is 15.0. The molecular weight excluding hydrogens is 462 g/mol. The van der Waals surface area contributed by atoms with E-state index in [2.05, 4.69) is 27.8 Å². The number of nitrogens with two attached hydrogens (primary N) is 1. The topological polar surface area (TPSA) is 121 Å². The number of aromatic hydroxyl groups is 1. The number of nitrogen functional groups attached to an aromatic ring is 1. The summed E-state index contributed by atoms with van der Waals surface area (Å²) in [4.78, 5) is 17.5. The molecule has 0 radical (unpaired) electrons. The molecule has 0 bridgehead atoms. The summed E-state index contributed by atoms with van der Waals surface area (Å²) >= 11 is 1.21. The minimum atomic E-state index is -0.265. The van der Waals surface area contributed by atoms with Crippen molar-refractivity contribution >= 4 is 39.4 Å². The standard InChI is InChI=1S/C26H31N5O3S/c27-25-24(23(34)17-3-9-21(32)10-4-17)35-26(30-25)29-18-5-7-19(8-6-18)31(15-1-2-22(33)16-31)20-11-13-28-14-12-20/h3-10,20,22,28,33H,1-2,11-16H2,(H3-,27,29,30,32,34)/p+1. The molecule has 184 valence electrons. The second-order valence-corrected chi connectivity index (χ2v) is 10.5. The maximum Gasteiger partial charge on any atom is 0.206 e. The van der Waals surface area contributed by atoms with E-state index in [9.17, 15) is 15.0 Å². The molecule has 0 spiro atoms. The van der Waals surface area contributed by atoms with Gasteiger partial charge in [-0.2, -0.15) is 0 Å². The van der Waals surface area contributed by atoms with Crippen molar-refractivity contribution in [3.63, 3.8) is 0 Å². The lowest BCUT2D eigenvalue weighted by Crippen LogP contribution is -2.64. The second-order valence-electron chi connectivity index (χ2n) is 9.50. The molecule has 3 aromatic rings. The lowest BCUT2D eigenvalue weighted by atomic mass is 9.94. The van der Waals surface area contributed by atoms with Crippen molar-refractivity contribution in [3.8, 4) is 5.75 Å². The molecule has 2 atom stereocenters. The van der Waals surface area contributed by atoms with Gasteiger partial charge in [0, 0.05) is 49.3 Å². The van der Waals surface area contributed by atoms with Crippen LogP contribution in [0.15, 0.2) is 48.5 Å². The number of benzene rings is 2. The molecule has 0 amide bonds. The van der Waals surface area contributed by atoms with Crippen LogP contribution in [-0.4, -0.2) is 59.3 Å². The number of phenols is 1. The number of phenolic OH excluding ortho intramolecular Hbond substituents is 1. The number of aliphatic hydroxyl groups is 1. The van der Waals surface area contributed by atoms with Crippen molar-refractivity contribution in [2.45, 2.75) is 37.8 Å². The zero-order valence-corrected chi connectivity index (χ0v) is 20.4. The maximum absolute atomic E-state index is 12.8. The fraction of sp³-hybridized carbons (Fsp3) is 0.385. The van der Waals surface area contributed by atoms with Gasteiger partial charge in [0.05, 0.1) is 12.6 Å². The predicted octanol–water partition coefficient (Wildman–Crippen LogP) is 3.62. The Morgan fingerprint density at radius 3 is 2.49 bits per heavy atom. The first-order chi connectivity index (χ1) is 16.9. The van der Waals surface area contributed by atoms with Crippen LogP contribution >= 0.6 is 11.3 Å². The number of carbonyl (C=O) groups is 1. The van der Waals surface area contributed by atoms with Crippen molar-refractivity contribution in [2.75, 3.05) is 37.2 Å². The molecule has 2 aromatic carbocycles. The molecule has 0 saturated carbocycles. The summed E-state index contributed by atoms with van der Waals surface area (Å²) < 4.78 is 0.846. The number of hydrogen-bond acceptors (Lipinski definition) is 8. The highest BCUT2D eigenvalue weighted by Crippen LogP contribution is 2.36. The van der Waals surface area contributed by atoms with Gasteiger partial charge in [-0.15, -0.1) is 0 Å². The van der Waals surface area contributed by atoms with E-state index in [1.165, 1.54) is 29.2 Å². The molecule has 2 saturated heterocycles. The van der Waals surface area contributed by atoms with E-state index in [-0.39, 0.29) is 23.5 Å². The highest BCUT2D eigenvalue weighted by molar-refractivity contribution is 7.18. The minimum Gasteiger partial charge on any atom is -0.508 e. The Morgan fingerprint density at radius 2 is 1.80 bits per heavy atom. The summed E-state index contributed by atoms with van der Waals surface area (Å²) in [6.07, 6.45) is 3.87. The second kappa shape index (κ2) is 9.94. The van der Waals surface area contributed by atoms with E-state index >= 15 is 0 Å². The van der Waals surface area contributed by atoms with Gasteiger partial charge in [-0.05, 0) is 49.2 Å². The van der Waals surface area contributed by atoms with E-state index in [0.29, 0.717) is 21.6 Å². The van der Waals surface area contributed by atoms with Crippen LogP contribution < -0.4 is 20.9 Å². The number of anilines is 3.